The molecule has 0 spiro atoms. The Hall–Kier alpha value is -1.69. The van der Waals surface area contributed by atoms with Crippen molar-refractivity contribution in [2.24, 2.45) is 5.73 Å². The summed E-state index contributed by atoms with van der Waals surface area (Å²) in [4.78, 5) is 20.7. The molecule has 74 valence electrons. The van der Waals surface area contributed by atoms with E-state index in [1.165, 1.54) is 17.4 Å². The van der Waals surface area contributed by atoms with Crippen LogP contribution in [0.15, 0.2) is 12.5 Å². The topological polar surface area (TPSA) is 81.3 Å². The number of nitrogens with zero attached hydrogens (tertiary/aromatic N) is 3. The van der Waals surface area contributed by atoms with E-state index in [0.717, 1.165) is 0 Å². The highest BCUT2D eigenvalue weighted by Crippen LogP contribution is 2.25. The minimum Gasteiger partial charge on any atom is -0.474 e. The molecule has 0 unspecified atom stereocenters. The molecule has 14 heavy (non-hydrogen) atoms. The first kappa shape index (κ1) is 8.89. The lowest BCUT2D eigenvalue weighted by Crippen LogP contribution is -2.43. The number of nitrogens with two attached hydrogens (primary N) is 1. The Balaban J connectivity index is 2.45. The maximum atomic E-state index is 11.6. The van der Waals surface area contributed by atoms with Gasteiger partial charge in [-0.1, -0.05) is 0 Å². The summed E-state index contributed by atoms with van der Waals surface area (Å²) < 4.78 is 5.26. The minimum atomic E-state index is -0.644. The highest BCUT2D eigenvalue weighted by molar-refractivity contribution is 5.98. The Morgan fingerprint density at radius 3 is 3.29 bits per heavy atom. The van der Waals surface area contributed by atoms with Crippen LogP contribution in [-0.2, 0) is 4.79 Å². The van der Waals surface area contributed by atoms with Gasteiger partial charge in [-0.05, 0) is 0 Å². The second kappa shape index (κ2) is 3.22. The number of carbonyl (C=O) groups excluding carboxylic acids is 1. The molecule has 0 radical (unpaired) electrons. The zero-order valence-corrected chi connectivity index (χ0v) is 7.67. The summed E-state index contributed by atoms with van der Waals surface area (Å²) in [6.07, 6.45) is 2.90. The molecule has 0 saturated heterocycles. The number of ether oxygens (including phenoxy) is 1. The molecule has 2 rings (SSSR count). The van der Waals surface area contributed by atoms with Crippen LogP contribution in [0.2, 0.25) is 0 Å². The molecule has 1 amide bonds. The number of amides is 1. The van der Waals surface area contributed by atoms with Crippen LogP contribution in [0.5, 0.6) is 5.88 Å². The molecule has 1 aromatic rings. The van der Waals surface area contributed by atoms with Crippen molar-refractivity contribution in [2.45, 2.75) is 6.04 Å². The lowest BCUT2D eigenvalue weighted by Gasteiger charge is -2.15. The van der Waals surface area contributed by atoms with E-state index in [-0.39, 0.29) is 12.5 Å². The van der Waals surface area contributed by atoms with Crippen molar-refractivity contribution in [3.05, 3.63) is 12.5 Å². The van der Waals surface area contributed by atoms with Crippen molar-refractivity contribution < 1.29 is 9.53 Å². The number of hydrogen-bond donors (Lipinski definition) is 1. The van der Waals surface area contributed by atoms with Gasteiger partial charge in [0.15, 0.2) is 0 Å². The van der Waals surface area contributed by atoms with Crippen LogP contribution in [0.4, 0.5) is 5.69 Å². The fraction of sp³-hybridized carbons (Fsp3) is 0.375. The smallest absolute Gasteiger partial charge is 0.247 e. The number of carbonyl (C=O) groups is 1. The molecular weight excluding hydrogens is 184 g/mol. The van der Waals surface area contributed by atoms with Crippen LogP contribution >= 0.6 is 0 Å². The fourth-order valence-electron chi connectivity index (χ4n) is 1.26. The minimum absolute atomic E-state index is 0.146. The summed E-state index contributed by atoms with van der Waals surface area (Å²) in [6, 6.07) is -0.644. The van der Waals surface area contributed by atoms with Gasteiger partial charge in [-0.25, -0.2) is 4.98 Å². The molecule has 2 heterocycles. The van der Waals surface area contributed by atoms with Crippen molar-refractivity contribution in [3.8, 4) is 5.88 Å². The van der Waals surface area contributed by atoms with E-state index in [2.05, 4.69) is 9.97 Å². The average Bonchev–Trinajstić information content (AvgIpc) is 2.32. The Bertz CT molecular complexity index is 368. The number of aromatic nitrogens is 2. The van der Waals surface area contributed by atoms with Crippen molar-refractivity contribution >= 4 is 11.6 Å². The molecule has 0 bridgehead atoms. The second-order valence-electron chi connectivity index (χ2n) is 3.03. The Morgan fingerprint density at radius 1 is 1.71 bits per heavy atom. The van der Waals surface area contributed by atoms with E-state index in [1.807, 2.05) is 0 Å². The van der Waals surface area contributed by atoms with Gasteiger partial charge >= 0.3 is 0 Å². The molecule has 1 aromatic heterocycles. The highest BCUT2D eigenvalue weighted by atomic mass is 16.5. The zero-order chi connectivity index (χ0) is 10.1. The lowest BCUT2D eigenvalue weighted by atomic mass is 10.3. The molecule has 1 aliphatic rings. The second-order valence-corrected chi connectivity index (χ2v) is 3.03. The number of hydrogen-bond acceptors (Lipinski definition) is 5. The van der Waals surface area contributed by atoms with E-state index in [1.54, 1.807) is 7.05 Å². The number of fused-ring (bicyclic) bond motifs is 1. The van der Waals surface area contributed by atoms with Crippen molar-refractivity contribution in [1.82, 2.24) is 9.97 Å². The summed E-state index contributed by atoms with van der Waals surface area (Å²) >= 11 is 0. The van der Waals surface area contributed by atoms with Crippen LogP contribution < -0.4 is 15.4 Å². The first-order valence-corrected chi connectivity index (χ1v) is 4.16. The van der Waals surface area contributed by atoms with Crippen molar-refractivity contribution in [1.29, 1.82) is 0 Å². The molecule has 0 aromatic carbocycles. The SMILES string of the molecule is CN1C(=O)[C@@H](N)COc2ncncc21. The Labute approximate surface area is 80.7 Å². The maximum Gasteiger partial charge on any atom is 0.247 e. The van der Waals surface area contributed by atoms with Gasteiger partial charge in [0, 0.05) is 7.05 Å². The van der Waals surface area contributed by atoms with Crippen LogP contribution in [-0.4, -0.2) is 35.6 Å². The standard InChI is InChI=1S/C8H10N4O2/c1-12-6-2-10-4-11-7(6)14-3-5(9)8(12)13/h2,4-5H,3,9H2,1H3/t5-/m0/s1. The predicted molar refractivity (Wildman–Crippen MR) is 48.9 cm³/mol. The number of rotatable bonds is 0. The molecule has 6 heteroatoms. The summed E-state index contributed by atoms with van der Waals surface area (Å²) in [7, 11) is 1.62. The first-order valence-electron chi connectivity index (χ1n) is 4.16. The molecule has 1 atom stereocenters. The van der Waals surface area contributed by atoms with E-state index in [0.29, 0.717) is 11.6 Å². The van der Waals surface area contributed by atoms with Gasteiger partial charge in [0.25, 0.3) is 0 Å². The normalized spacial score (nSPS) is 21.1. The Kier molecular flexibility index (Phi) is 2.05. The quantitative estimate of drug-likeness (QED) is 0.582. The third-order valence-electron chi connectivity index (χ3n) is 2.07. The van der Waals surface area contributed by atoms with Gasteiger partial charge < -0.3 is 15.4 Å². The summed E-state index contributed by atoms with van der Waals surface area (Å²) in [5, 5.41) is 0. The third-order valence-corrected chi connectivity index (χ3v) is 2.07. The van der Waals surface area contributed by atoms with Gasteiger partial charge in [0.1, 0.15) is 24.7 Å². The fourth-order valence-corrected chi connectivity index (χ4v) is 1.26. The van der Waals surface area contributed by atoms with Crippen LogP contribution in [0, 0.1) is 0 Å². The molecule has 0 aliphatic carbocycles. The Morgan fingerprint density at radius 2 is 2.50 bits per heavy atom. The molecule has 0 fully saturated rings. The molecule has 1 aliphatic heterocycles. The molecule has 0 saturated carbocycles. The van der Waals surface area contributed by atoms with Gasteiger partial charge in [-0.2, -0.15) is 4.98 Å². The average molecular weight is 194 g/mol. The van der Waals surface area contributed by atoms with Gasteiger partial charge in [0.05, 0.1) is 6.20 Å². The van der Waals surface area contributed by atoms with Gasteiger partial charge in [-0.15, -0.1) is 0 Å². The van der Waals surface area contributed by atoms with Crippen LogP contribution in [0.25, 0.3) is 0 Å². The van der Waals surface area contributed by atoms with Gasteiger partial charge in [0.2, 0.25) is 11.8 Å². The van der Waals surface area contributed by atoms with E-state index in [4.69, 9.17) is 10.5 Å². The van der Waals surface area contributed by atoms with E-state index >= 15 is 0 Å². The summed E-state index contributed by atoms with van der Waals surface area (Å²) in [6.45, 7) is 0.146. The molecular formula is C8H10N4O2. The summed E-state index contributed by atoms with van der Waals surface area (Å²) in [5.41, 5.74) is 6.13. The highest BCUT2D eigenvalue weighted by Gasteiger charge is 2.27. The number of anilines is 1. The van der Waals surface area contributed by atoms with Crippen molar-refractivity contribution in [2.75, 3.05) is 18.6 Å². The van der Waals surface area contributed by atoms with Crippen LogP contribution in [0.1, 0.15) is 0 Å². The predicted octanol–water partition coefficient (Wildman–Crippen LogP) is -0.841. The van der Waals surface area contributed by atoms with E-state index in [9.17, 15) is 4.79 Å². The first-order chi connectivity index (χ1) is 6.70. The summed E-state index contributed by atoms with van der Waals surface area (Å²) in [5.74, 6) is 0.197. The largest absolute Gasteiger partial charge is 0.474 e. The van der Waals surface area contributed by atoms with E-state index < -0.39 is 6.04 Å². The maximum absolute atomic E-state index is 11.6. The lowest BCUT2D eigenvalue weighted by molar-refractivity contribution is -0.119. The molecule has 6 nitrogen and oxygen atoms in total. The molecule has 2 N–H and O–H groups in total. The zero-order valence-electron chi connectivity index (χ0n) is 7.67. The third kappa shape index (κ3) is 1.29. The van der Waals surface area contributed by atoms with Crippen molar-refractivity contribution in [3.63, 3.8) is 0 Å². The van der Waals surface area contributed by atoms with Crippen LogP contribution in [0.3, 0.4) is 0 Å². The van der Waals surface area contributed by atoms with Gasteiger partial charge in [-0.3, -0.25) is 4.79 Å². The monoisotopic (exact) mass is 194 g/mol. The number of likely N-dealkylation sites (N-methyl/N-ethyl adjacent to an activating group) is 1.